The number of esters is 1. The molecule has 0 radical (unpaired) electrons. The molecule has 11 heteroatoms. The minimum Gasteiger partial charge on any atom is -0.498 e. The first-order valence-electron chi connectivity index (χ1n) is 8.10. The highest BCUT2D eigenvalue weighted by Gasteiger charge is 2.57. The molecule has 2 amide bonds. The monoisotopic (exact) mass is 414 g/mol. The lowest BCUT2D eigenvalue weighted by molar-refractivity contribution is -0.157. The third kappa shape index (κ3) is 3.65. The van der Waals surface area contributed by atoms with Gasteiger partial charge in [-0.2, -0.15) is 0 Å². The summed E-state index contributed by atoms with van der Waals surface area (Å²) < 4.78 is 10.2. The molecule has 0 aromatic carbocycles. The highest BCUT2D eigenvalue weighted by Crippen LogP contribution is 2.44. The van der Waals surface area contributed by atoms with Crippen molar-refractivity contribution < 1.29 is 33.8 Å². The van der Waals surface area contributed by atoms with Gasteiger partial charge >= 0.3 is 11.9 Å². The van der Waals surface area contributed by atoms with E-state index in [4.69, 9.17) is 9.47 Å². The Bertz CT molecular complexity index is 764. The Kier molecular flexibility index (Phi) is 5.70. The van der Waals surface area contributed by atoms with Gasteiger partial charge in [0.15, 0.2) is 0 Å². The summed E-state index contributed by atoms with van der Waals surface area (Å²) in [6, 6.07) is -0.794. The summed E-state index contributed by atoms with van der Waals surface area (Å²) in [7, 11) is 0. The molecule has 2 atom stereocenters. The van der Waals surface area contributed by atoms with Gasteiger partial charge in [0, 0.05) is 30.9 Å². The fourth-order valence-electron chi connectivity index (χ4n) is 3.04. The molecule has 0 aliphatic carbocycles. The number of carbonyl (C=O) groups excluding carboxylic acids is 3. The number of hydrogen-bond donors (Lipinski definition) is 1. The average Bonchev–Trinajstić information content (AvgIpc) is 2.63. The summed E-state index contributed by atoms with van der Waals surface area (Å²) in [4.78, 5) is 50.3. The van der Waals surface area contributed by atoms with Crippen molar-refractivity contribution in [2.75, 3.05) is 24.7 Å². The van der Waals surface area contributed by atoms with E-state index in [0.717, 1.165) is 0 Å². The molecule has 0 saturated carbocycles. The first kappa shape index (κ1) is 19.6. The number of fused-ring (bicyclic) bond motifs is 1. The van der Waals surface area contributed by atoms with Crippen LogP contribution in [0.4, 0.5) is 0 Å². The van der Waals surface area contributed by atoms with Crippen molar-refractivity contribution in [3.05, 3.63) is 22.6 Å². The number of carboxylic acid groups (broad SMARTS) is 1. The summed E-state index contributed by atoms with van der Waals surface area (Å²) in [6.07, 6.45) is 1.46. The molecule has 3 rings (SSSR count). The third-order valence-electron chi connectivity index (χ3n) is 4.16. The molecule has 27 heavy (non-hydrogen) atoms. The van der Waals surface area contributed by atoms with Crippen LogP contribution in [-0.2, 0) is 28.7 Å². The number of ether oxygens (including phenoxy) is 2. The van der Waals surface area contributed by atoms with E-state index in [1.165, 1.54) is 53.4 Å². The first-order chi connectivity index (χ1) is 12.8. The number of β-lactam (4-membered cyclic amide) rings is 1. The highest BCUT2D eigenvalue weighted by molar-refractivity contribution is 8.03. The molecule has 0 bridgehead atoms. The van der Waals surface area contributed by atoms with Crippen LogP contribution in [0.25, 0.3) is 0 Å². The number of thioether (sulfide) groups is 2. The molecule has 2 unspecified atom stereocenters. The quantitative estimate of drug-likeness (QED) is 0.510. The molecule has 0 spiro atoms. The van der Waals surface area contributed by atoms with Crippen molar-refractivity contribution in [3.8, 4) is 0 Å². The zero-order valence-corrected chi connectivity index (χ0v) is 16.3. The van der Waals surface area contributed by atoms with E-state index in [1.807, 2.05) is 0 Å². The number of carbonyl (C=O) groups is 4. The molecule has 3 aliphatic heterocycles. The number of amides is 2. The van der Waals surface area contributed by atoms with Crippen LogP contribution in [0.2, 0.25) is 0 Å². The van der Waals surface area contributed by atoms with Gasteiger partial charge in [0.2, 0.25) is 5.91 Å². The lowest BCUT2D eigenvalue weighted by Gasteiger charge is -2.52. The molecule has 3 heterocycles. The molecule has 0 aromatic heterocycles. The lowest BCUT2D eigenvalue weighted by Crippen LogP contribution is -2.71. The second-order valence-electron chi connectivity index (χ2n) is 5.96. The third-order valence-corrected chi connectivity index (χ3v) is 6.45. The predicted octanol–water partition coefficient (Wildman–Crippen LogP) is 0.583. The van der Waals surface area contributed by atoms with Crippen LogP contribution in [0, 0.1) is 0 Å². The Labute approximate surface area is 163 Å². The normalized spacial score (nSPS) is 24.3. The Hall–Kier alpha value is -2.14. The maximum absolute atomic E-state index is 12.8. The van der Waals surface area contributed by atoms with Gasteiger partial charge < -0.3 is 14.6 Å². The molecule has 146 valence electrons. The summed E-state index contributed by atoms with van der Waals surface area (Å²) in [6.45, 7) is 2.93. The van der Waals surface area contributed by atoms with Crippen molar-refractivity contribution in [1.29, 1.82) is 0 Å². The minimum atomic E-state index is -1.27. The van der Waals surface area contributed by atoms with Crippen LogP contribution in [0.3, 0.4) is 0 Å². The molecular formula is C16H18N2O7S2. The second-order valence-corrected chi connectivity index (χ2v) is 8.18. The SMILES string of the molecule is CC(=O)OCC1=C(C(=O)O)N2C(=O)C(N(C(C)=O)C3=COCCS3)C2SC1. The van der Waals surface area contributed by atoms with Gasteiger partial charge in [-0.1, -0.05) is 0 Å². The lowest BCUT2D eigenvalue weighted by atomic mass is 10.0. The number of aliphatic carboxylic acids is 1. The van der Waals surface area contributed by atoms with Gasteiger partial charge in [-0.05, 0) is 0 Å². The number of rotatable bonds is 5. The van der Waals surface area contributed by atoms with Gasteiger partial charge in [-0.15, -0.1) is 23.5 Å². The summed E-state index contributed by atoms with van der Waals surface area (Å²) in [5, 5.41) is 9.60. The molecule has 3 aliphatic rings. The molecular weight excluding hydrogens is 396 g/mol. The van der Waals surface area contributed by atoms with Crippen molar-refractivity contribution in [1.82, 2.24) is 9.80 Å². The van der Waals surface area contributed by atoms with Crippen LogP contribution < -0.4 is 0 Å². The topological polar surface area (TPSA) is 113 Å². The van der Waals surface area contributed by atoms with E-state index in [2.05, 4.69) is 0 Å². The van der Waals surface area contributed by atoms with Crippen LogP contribution in [0.15, 0.2) is 22.6 Å². The number of nitrogens with zero attached hydrogens (tertiary/aromatic N) is 2. The van der Waals surface area contributed by atoms with Gasteiger partial charge in [-0.25, -0.2) is 4.79 Å². The summed E-state index contributed by atoms with van der Waals surface area (Å²) in [5.41, 5.74) is 0.181. The molecule has 1 saturated heterocycles. The number of carboxylic acids is 1. The van der Waals surface area contributed by atoms with E-state index in [9.17, 15) is 24.3 Å². The van der Waals surface area contributed by atoms with Gasteiger partial charge in [-0.3, -0.25) is 24.2 Å². The fraction of sp³-hybridized carbons (Fsp3) is 0.500. The zero-order chi connectivity index (χ0) is 19.7. The average molecular weight is 414 g/mol. The van der Waals surface area contributed by atoms with Crippen LogP contribution in [0.1, 0.15) is 13.8 Å². The van der Waals surface area contributed by atoms with Gasteiger partial charge in [0.1, 0.15) is 35.0 Å². The predicted molar refractivity (Wildman–Crippen MR) is 97.2 cm³/mol. The van der Waals surface area contributed by atoms with Crippen molar-refractivity contribution in [2.45, 2.75) is 25.3 Å². The highest BCUT2D eigenvalue weighted by atomic mass is 32.2. The van der Waals surface area contributed by atoms with E-state index in [0.29, 0.717) is 23.0 Å². The van der Waals surface area contributed by atoms with E-state index >= 15 is 0 Å². The maximum Gasteiger partial charge on any atom is 0.352 e. The zero-order valence-electron chi connectivity index (χ0n) is 14.7. The molecule has 0 aromatic rings. The largest absolute Gasteiger partial charge is 0.498 e. The summed E-state index contributed by atoms with van der Waals surface area (Å²) in [5.74, 6) is -1.65. The second kappa shape index (κ2) is 7.85. The Morgan fingerprint density at radius 2 is 2.15 bits per heavy atom. The van der Waals surface area contributed by atoms with Gasteiger partial charge in [0.25, 0.3) is 5.91 Å². The smallest absolute Gasteiger partial charge is 0.352 e. The Morgan fingerprint density at radius 3 is 2.70 bits per heavy atom. The first-order valence-corrected chi connectivity index (χ1v) is 10.1. The van der Waals surface area contributed by atoms with E-state index < -0.39 is 29.3 Å². The maximum atomic E-state index is 12.8. The van der Waals surface area contributed by atoms with E-state index in [1.54, 1.807) is 0 Å². The standard InChI is InChI=1S/C16H18N2O7S2/c1-8(19)17(11-6-24-3-4-26-11)13-14(21)18-12(16(22)23)10(5-25-9(2)20)7-27-15(13)18/h6,13,15H,3-5,7H2,1-2H3,(H,22,23). The fourth-order valence-corrected chi connectivity index (χ4v) is 5.32. The van der Waals surface area contributed by atoms with Crippen LogP contribution in [-0.4, -0.2) is 74.8 Å². The van der Waals surface area contributed by atoms with Crippen molar-refractivity contribution in [2.24, 2.45) is 0 Å². The van der Waals surface area contributed by atoms with Crippen LogP contribution in [0.5, 0.6) is 0 Å². The Balaban J connectivity index is 1.88. The molecule has 9 nitrogen and oxygen atoms in total. The minimum absolute atomic E-state index is 0.175. The van der Waals surface area contributed by atoms with E-state index in [-0.39, 0.29) is 24.0 Å². The van der Waals surface area contributed by atoms with Crippen LogP contribution >= 0.6 is 23.5 Å². The number of hydrogen-bond acceptors (Lipinski definition) is 8. The van der Waals surface area contributed by atoms with Crippen molar-refractivity contribution in [3.63, 3.8) is 0 Å². The molecule has 1 N–H and O–H groups in total. The molecule has 1 fully saturated rings. The van der Waals surface area contributed by atoms with Gasteiger partial charge in [0.05, 0.1) is 6.61 Å². The van der Waals surface area contributed by atoms with Crippen molar-refractivity contribution >= 4 is 47.3 Å². The summed E-state index contributed by atoms with van der Waals surface area (Å²) >= 11 is 2.75. The Morgan fingerprint density at radius 1 is 1.41 bits per heavy atom.